The summed E-state index contributed by atoms with van der Waals surface area (Å²) in [5.41, 5.74) is 0. The summed E-state index contributed by atoms with van der Waals surface area (Å²) in [6.07, 6.45) is 1.05. The van der Waals surface area contributed by atoms with Gasteiger partial charge in [0.2, 0.25) is 11.8 Å². The second-order valence-corrected chi connectivity index (χ2v) is 4.89. The van der Waals surface area contributed by atoms with E-state index in [2.05, 4.69) is 27.8 Å². The Labute approximate surface area is 120 Å². The van der Waals surface area contributed by atoms with Crippen LogP contribution in [0.4, 0.5) is 6.01 Å². The van der Waals surface area contributed by atoms with E-state index in [0.717, 1.165) is 13.0 Å². The van der Waals surface area contributed by atoms with Crippen LogP contribution in [0.2, 0.25) is 0 Å². The Morgan fingerprint density at radius 1 is 1.35 bits per heavy atom. The molecular weight excluding hydrogens is 258 g/mol. The predicted molar refractivity (Wildman–Crippen MR) is 77.5 cm³/mol. The second-order valence-electron chi connectivity index (χ2n) is 4.89. The fraction of sp³-hybridized carbons (Fsp3) is 0.769. The van der Waals surface area contributed by atoms with Crippen LogP contribution in [0, 0.1) is 0 Å². The molecule has 0 aliphatic rings. The molecule has 0 radical (unpaired) electrons. The van der Waals surface area contributed by atoms with Gasteiger partial charge >= 0.3 is 6.01 Å². The number of anilines is 1. The van der Waals surface area contributed by atoms with E-state index in [1.165, 1.54) is 0 Å². The van der Waals surface area contributed by atoms with Crippen LogP contribution in [0.15, 0.2) is 4.42 Å². The van der Waals surface area contributed by atoms with E-state index < -0.39 is 0 Å². The number of aromatic nitrogens is 2. The molecule has 1 aromatic heterocycles. The molecule has 0 saturated carbocycles. The van der Waals surface area contributed by atoms with Gasteiger partial charge in [0.05, 0.1) is 6.54 Å². The number of carbonyl (C=O) groups excluding carboxylic acids is 1. The minimum Gasteiger partial charge on any atom is -0.407 e. The zero-order chi connectivity index (χ0) is 15.0. The lowest BCUT2D eigenvalue weighted by Crippen LogP contribution is -2.40. The largest absolute Gasteiger partial charge is 0.407 e. The van der Waals surface area contributed by atoms with Gasteiger partial charge in [0.1, 0.15) is 6.54 Å². The molecule has 20 heavy (non-hydrogen) atoms. The lowest BCUT2D eigenvalue weighted by atomic mass is 10.4. The van der Waals surface area contributed by atoms with E-state index in [1.54, 1.807) is 4.90 Å². The highest BCUT2D eigenvalue weighted by molar-refractivity contribution is 5.80. The Morgan fingerprint density at radius 3 is 2.70 bits per heavy atom. The molecule has 1 rings (SSSR count). The summed E-state index contributed by atoms with van der Waals surface area (Å²) in [5.74, 6) is 0.488. The fourth-order valence-corrected chi connectivity index (χ4v) is 1.67. The molecule has 0 unspecified atom stereocenters. The van der Waals surface area contributed by atoms with Crippen molar-refractivity contribution in [1.29, 1.82) is 0 Å². The van der Waals surface area contributed by atoms with Crippen molar-refractivity contribution in [3.63, 3.8) is 0 Å². The van der Waals surface area contributed by atoms with Gasteiger partial charge in [-0.15, -0.1) is 5.10 Å². The first-order chi connectivity index (χ1) is 9.56. The van der Waals surface area contributed by atoms with E-state index in [0.29, 0.717) is 25.0 Å². The number of nitrogens with zero attached hydrogens (tertiary/aromatic N) is 3. The van der Waals surface area contributed by atoms with E-state index in [-0.39, 0.29) is 18.5 Å². The Morgan fingerprint density at radius 2 is 2.10 bits per heavy atom. The summed E-state index contributed by atoms with van der Waals surface area (Å²) in [7, 11) is 0. The molecule has 1 aromatic rings. The van der Waals surface area contributed by atoms with Crippen LogP contribution in [0.25, 0.3) is 0 Å². The van der Waals surface area contributed by atoms with E-state index >= 15 is 0 Å². The third-order valence-corrected chi connectivity index (χ3v) is 2.60. The molecule has 0 aromatic carbocycles. The topological polar surface area (TPSA) is 83.3 Å². The van der Waals surface area contributed by atoms with Gasteiger partial charge in [0.25, 0.3) is 0 Å². The summed E-state index contributed by atoms with van der Waals surface area (Å²) in [6, 6.07) is 0.511. The smallest absolute Gasteiger partial charge is 0.318 e. The molecule has 0 bridgehead atoms. The zero-order valence-electron chi connectivity index (χ0n) is 12.8. The minimum atomic E-state index is -0.0503. The van der Waals surface area contributed by atoms with Crippen molar-refractivity contribution in [2.75, 3.05) is 24.5 Å². The van der Waals surface area contributed by atoms with Crippen molar-refractivity contribution in [3.8, 4) is 0 Å². The SMILES string of the molecule is CCCNCc1nnc(N(CC)CC(=O)NC(C)C)o1. The number of carbonyl (C=O) groups is 1. The van der Waals surface area contributed by atoms with Crippen LogP contribution in [0.1, 0.15) is 40.0 Å². The summed E-state index contributed by atoms with van der Waals surface area (Å²) < 4.78 is 5.55. The van der Waals surface area contributed by atoms with Crippen molar-refractivity contribution in [1.82, 2.24) is 20.8 Å². The van der Waals surface area contributed by atoms with E-state index in [9.17, 15) is 4.79 Å². The second kappa shape index (κ2) is 8.52. The number of amides is 1. The third kappa shape index (κ3) is 5.56. The Balaban J connectivity index is 2.54. The van der Waals surface area contributed by atoms with Crippen LogP contribution in [0.5, 0.6) is 0 Å². The van der Waals surface area contributed by atoms with Crippen molar-refractivity contribution in [2.24, 2.45) is 0 Å². The summed E-state index contributed by atoms with van der Waals surface area (Å²) in [5, 5.41) is 14.0. The van der Waals surface area contributed by atoms with Gasteiger partial charge in [-0.1, -0.05) is 12.0 Å². The maximum Gasteiger partial charge on any atom is 0.318 e. The van der Waals surface area contributed by atoms with Gasteiger partial charge in [-0.25, -0.2) is 0 Å². The Bertz CT molecular complexity index is 405. The summed E-state index contributed by atoms with van der Waals surface area (Å²) in [4.78, 5) is 13.5. The van der Waals surface area contributed by atoms with Crippen molar-refractivity contribution < 1.29 is 9.21 Å². The molecule has 7 heteroatoms. The zero-order valence-corrected chi connectivity index (χ0v) is 12.8. The number of rotatable bonds is 9. The summed E-state index contributed by atoms with van der Waals surface area (Å²) >= 11 is 0. The molecule has 1 heterocycles. The minimum absolute atomic E-state index is 0.0503. The molecule has 0 atom stereocenters. The lowest BCUT2D eigenvalue weighted by molar-refractivity contribution is -0.120. The van der Waals surface area contributed by atoms with Crippen LogP contribution in [-0.2, 0) is 11.3 Å². The molecule has 0 spiro atoms. The van der Waals surface area contributed by atoms with Gasteiger partial charge < -0.3 is 20.0 Å². The number of hydrogen-bond donors (Lipinski definition) is 2. The number of likely N-dealkylation sites (N-methyl/N-ethyl adjacent to an activating group) is 1. The molecule has 0 saturated heterocycles. The Kier molecular flexibility index (Phi) is 7.00. The van der Waals surface area contributed by atoms with E-state index in [1.807, 2.05) is 20.8 Å². The number of nitrogens with one attached hydrogen (secondary N) is 2. The molecule has 114 valence electrons. The van der Waals surface area contributed by atoms with Crippen molar-refractivity contribution >= 4 is 11.9 Å². The molecular formula is C13H25N5O2. The number of hydrogen-bond acceptors (Lipinski definition) is 6. The molecule has 2 N–H and O–H groups in total. The van der Waals surface area contributed by atoms with Crippen LogP contribution in [-0.4, -0.2) is 41.8 Å². The van der Waals surface area contributed by atoms with Gasteiger partial charge in [-0.3, -0.25) is 4.79 Å². The highest BCUT2D eigenvalue weighted by atomic mass is 16.4. The normalized spacial score (nSPS) is 10.8. The predicted octanol–water partition coefficient (Wildman–Crippen LogP) is 0.920. The first-order valence-electron chi connectivity index (χ1n) is 7.14. The fourth-order valence-electron chi connectivity index (χ4n) is 1.67. The van der Waals surface area contributed by atoms with Crippen LogP contribution < -0.4 is 15.5 Å². The Hall–Kier alpha value is -1.63. The lowest BCUT2D eigenvalue weighted by Gasteiger charge is -2.18. The maximum atomic E-state index is 11.8. The third-order valence-electron chi connectivity index (χ3n) is 2.60. The maximum absolute atomic E-state index is 11.8. The average molecular weight is 283 g/mol. The highest BCUT2D eigenvalue weighted by Crippen LogP contribution is 2.11. The summed E-state index contributed by atoms with van der Waals surface area (Å²) in [6.45, 7) is 10.2. The average Bonchev–Trinajstić information content (AvgIpc) is 2.84. The van der Waals surface area contributed by atoms with E-state index in [4.69, 9.17) is 4.42 Å². The molecule has 0 aliphatic heterocycles. The first-order valence-corrected chi connectivity index (χ1v) is 7.14. The molecule has 1 amide bonds. The molecule has 0 fully saturated rings. The standard InChI is InChI=1S/C13H25N5O2/c1-5-7-14-8-12-16-17-13(20-12)18(6-2)9-11(19)15-10(3)4/h10,14H,5-9H2,1-4H3,(H,15,19). The molecule has 7 nitrogen and oxygen atoms in total. The van der Waals surface area contributed by atoms with Crippen LogP contribution >= 0.6 is 0 Å². The van der Waals surface area contributed by atoms with Gasteiger partial charge in [0.15, 0.2) is 0 Å². The van der Waals surface area contributed by atoms with Gasteiger partial charge in [-0.05, 0) is 33.7 Å². The van der Waals surface area contributed by atoms with Crippen molar-refractivity contribution in [2.45, 2.75) is 46.7 Å². The first kappa shape index (κ1) is 16.4. The quantitative estimate of drug-likeness (QED) is 0.656. The highest BCUT2D eigenvalue weighted by Gasteiger charge is 2.16. The van der Waals surface area contributed by atoms with Gasteiger partial charge in [0, 0.05) is 12.6 Å². The van der Waals surface area contributed by atoms with Crippen molar-refractivity contribution in [3.05, 3.63) is 5.89 Å². The molecule has 0 aliphatic carbocycles. The monoisotopic (exact) mass is 283 g/mol. The van der Waals surface area contributed by atoms with Crippen LogP contribution in [0.3, 0.4) is 0 Å². The van der Waals surface area contributed by atoms with Gasteiger partial charge in [-0.2, -0.15) is 0 Å².